The molecule has 1 aliphatic heterocycles. The minimum Gasteiger partial charge on any atom is -0.424 e. The van der Waals surface area contributed by atoms with E-state index in [0.717, 1.165) is 11.6 Å². The van der Waals surface area contributed by atoms with Crippen LogP contribution in [0.3, 0.4) is 0 Å². The Kier molecular flexibility index (Phi) is 4.98. The predicted octanol–water partition coefficient (Wildman–Crippen LogP) is 3.71. The summed E-state index contributed by atoms with van der Waals surface area (Å²) in [4.78, 5) is 6.07. The number of nitrogens with zero attached hydrogens (tertiary/aromatic N) is 6. The summed E-state index contributed by atoms with van der Waals surface area (Å²) in [5.41, 5.74) is 1.02. The number of anilines is 2. The van der Waals surface area contributed by atoms with E-state index in [1.165, 1.54) is 18.2 Å². The number of hydrogen-bond acceptors (Lipinski definition) is 8. The fourth-order valence-electron chi connectivity index (χ4n) is 4.21. The number of piperidine rings is 1. The minimum absolute atomic E-state index is 0.0134. The van der Waals surface area contributed by atoms with Gasteiger partial charge in [-0.1, -0.05) is 17.2 Å². The molecule has 1 aromatic carbocycles. The molecule has 33 heavy (non-hydrogen) atoms. The van der Waals surface area contributed by atoms with Crippen molar-refractivity contribution < 1.29 is 26.7 Å². The Balaban J connectivity index is 1.34. The maximum absolute atomic E-state index is 13.5. The molecular formula is C20H19F4N7O2. The van der Waals surface area contributed by atoms with E-state index in [4.69, 9.17) is 9.15 Å². The van der Waals surface area contributed by atoms with Gasteiger partial charge < -0.3 is 19.4 Å². The molecule has 2 fully saturated rings. The second kappa shape index (κ2) is 7.74. The number of nitrogens with one attached hydrogen (secondary N) is 1. The predicted molar refractivity (Wildman–Crippen MR) is 107 cm³/mol. The number of benzene rings is 1. The van der Waals surface area contributed by atoms with Gasteiger partial charge in [0.1, 0.15) is 18.1 Å². The summed E-state index contributed by atoms with van der Waals surface area (Å²) in [7, 11) is 0. The summed E-state index contributed by atoms with van der Waals surface area (Å²) in [6.07, 6.45) is -2.61. The highest BCUT2D eigenvalue weighted by atomic mass is 19.4. The fraction of sp³-hybridized carbons (Fsp3) is 0.400. The number of rotatable bonds is 6. The van der Waals surface area contributed by atoms with Crippen molar-refractivity contribution in [3.8, 4) is 11.8 Å². The van der Waals surface area contributed by atoms with Gasteiger partial charge in [0.25, 0.3) is 0 Å². The van der Waals surface area contributed by atoms with Crippen LogP contribution < -0.4 is 15.0 Å². The monoisotopic (exact) mass is 465 g/mol. The van der Waals surface area contributed by atoms with Gasteiger partial charge in [-0.25, -0.2) is 9.07 Å². The van der Waals surface area contributed by atoms with Gasteiger partial charge in [0.15, 0.2) is 0 Å². The molecule has 1 saturated heterocycles. The van der Waals surface area contributed by atoms with E-state index in [1.54, 1.807) is 6.92 Å². The molecule has 3 aromatic rings. The van der Waals surface area contributed by atoms with Crippen LogP contribution in [0.5, 0.6) is 11.8 Å². The van der Waals surface area contributed by atoms with Gasteiger partial charge in [-0.2, -0.15) is 18.2 Å². The normalized spacial score (nSPS) is 23.2. The molecule has 5 rings (SSSR count). The molecule has 0 radical (unpaired) electrons. The Morgan fingerprint density at radius 2 is 2.12 bits per heavy atom. The lowest BCUT2D eigenvalue weighted by atomic mass is 9.63. The van der Waals surface area contributed by atoms with Crippen molar-refractivity contribution in [1.29, 1.82) is 0 Å². The van der Waals surface area contributed by atoms with Crippen LogP contribution in [-0.4, -0.2) is 49.8 Å². The Morgan fingerprint density at radius 1 is 1.30 bits per heavy atom. The summed E-state index contributed by atoms with van der Waals surface area (Å²) < 4.78 is 64.1. The van der Waals surface area contributed by atoms with Crippen LogP contribution in [-0.2, 0) is 6.54 Å². The number of fused-ring (bicyclic) bond motifs is 1. The van der Waals surface area contributed by atoms with Crippen LogP contribution in [0.1, 0.15) is 12.8 Å². The van der Waals surface area contributed by atoms with Crippen molar-refractivity contribution in [1.82, 2.24) is 25.0 Å². The summed E-state index contributed by atoms with van der Waals surface area (Å²) in [5, 5.41) is 14.9. The number of allylic oxidation sites excluding steroid dienone is 1. The average Bonchev–Trinajstić information content (AvgIpc) is 3.29. The third kappa shape index (κ3) is 3.98. The summed E-state index contributed by atoms with van der Waals surface area (Å²) in [6, 6.07) is 4.99. The smallest absolute Gasteiger partial charge is 0.408 e. The summed E-state index contributed by atoms with van der Waals surface area (Å²) in [6.45, 7) is 2.83. The Bertz CT molecular complexity index is 1210. The van der Waals surface area contributed by atoms with Crippen LogP contribution in [0, 0.1) is 18.7 Å². The lowest BCUT2D eigenvalue weighted by Gasteiger charge is -2.61. The van der Waals surface area contributed by atoms with Gasteiger partial charge in [0, 0.05) is 25.5 Å². The second-order valence-corrected chi connectivity index (χ2v) is 7.83. The number of alkyl halides is 3. The molecule has 0 bridgehead atoms. The van der Waals surface area contributed by atoms with Crippen molar-refractivity contribution in [3.63, 3.8) is 0 Å². The molecule has 2 aliphatic rings. The first kappa shape index (κ1) is 21.2. The average molecular weight is 465 g/mol. The standard InChI is InChI=1S/C20H19F4N7O2/c1-3-13-15(14-8-30(16(13)14)19-28-27-10(2)32-19)25-17-26-18(31(29-17)9-20(22,23)24)33-12-6-4-5-11(21)7-12/h3-7,14-16H,8-9H2,1-2H3,(H,25,29)/b13-3-. The SMILES string of the molecule is C/C=C1/C(Nc2nc(Oc3cccc(F)c3)n(CC(F)(F)F)n2)C2CN(c3nnc(C)o3)C12. The van der Waals surface area contributed by atoms with Gasteiger partial charge in [-0.05, 0) is 24.6 Å². The maximum Gasteiger partial charge on any atom is 0.408 e. The minimum atomic E-state index is -4.54. The summed E-state index contributed by atoms with van der Waals surface area (Å²) in [5.74, 6) is 0.0532. The van der Waals surface area contributed by atoms with Gasteiger partial charge in [-0.3, -0.25) is 0 Å². The van der Waals surface area contributed by atoms with Crippen molar-refractivity contribution >= 4 is 12.0 Å². The fourth-order valence-corrected chi connectivity index (χ4v) is 4.21. The van der Waals surface area contributed by atoms with Crippen molar-refractivity contribution in [3.05, 3.63) is 47.6 Å². The zero-order chi connectivity index (χ0) is 23.3. The highest BCUT2D eigenvalue weighted by molar-refractivity contribution is 5.55. The van der Waals surface area contributed by atoms with Gasteiger partial charge in [0.05, 0.1) is 12.1 Å². The number of hydrogen-bond donors (Lipinski definition) is 1. The molecule has 3 heterocycles. The molecule has 0 spiro atoms. The van der Waals surface area contributed by atoms with Gasteiger partial charge >= 0.3 is 18.2 Å². The third-order valence-electron chi connectivity index (χ3n) is 5.63. The molecular weight excluding hydrogens is 446 g/mol. The van der Waals surface area contributed by atoms with E-state index in [-0.39, 0.29) is 29.7 Å². The lowest BCUT2D eigenvalue weighted by molar-refractivity contribution is -0.143. The largest absolute Gasteiger partial charge is 0.424 e. The van der Waals surface area contributed by atoms with Crippen LogP contribution in [0.25, 0.3) is 0 Å². The molecule has 13 heteroatoms. The second-order valence-electron chi connectivity index (χ2n) is 7.83. The van der Waals surface area contributed by atoms with Crippen LogP contribution >= 0.6 is 0 Å². The molecule has 2 aromatic heterocycles. The Morgan fingerprint density at radius 3 is 2.79 bits per heavy atom. The molecule has 9 nitrogen and oxygen atoms in total. The Labute approximate surface area is 185 Å². The third-order valence-corrected chi connectivity index (χ3v) is 5.63. The number of aromatic nitrogens is 5. The molecule has 0 amide bonds. The molecule has 3 unspecified atom stereocenters. The van der Waals surface area contributed by atoms with Crippen molar-refractivity contribution in [2.75, 3.05) is 16.8 Å². The molecule has 174 valence electrons. The maximum atomic E-state index is 13.5. The van der Waals surface area contributed by atoms with Crippen LogP contribution in [0.2, 0.25) is 0 Å². The first-order chi connectivity index (χ1) is 15.7. The highest BCUT2D eigenvalue weighted by Gasteiger charge is 2.58. The molecule has 1 aliphatic carbocycles. The van der Waals surface area contributed by atoms with E-state index in [0.29, 0.717) is 23.1 Å². The zero-order valence-corrected chi connectivity index (χ0v) is 17.5. The van der Waals surface area contributed by atoms with Gasteiger partial charge in [0.2, 0.25) is 11.8 Å². The Hall–Kier alpha value is -3.64. The number of ether oxygens (including phenoxy) is 1. The lowest BCUT2D eigenvalue weighted by Crippen LogP contribution is -2.73. The highest BCUT2D eigenvalue weighted by Crippen LogP contribution is 2.49. The zero-order valence-electron chi connectivity index (χ0n) is 17.5. The van der Waals surface area contributed by atoms with Crippen LogP contribution in [0.4, 0.5) is 29.5 Å². The van der Waals surface area contributed by atoms with E-state index < -0.39 is 24.5 Å². The summed E-state index contributed by atoms with van der Waals surface area (Å²) >= 11 is 0. The molecule has 1 N–H and O–H groups in total. The quantitative estimate of drug-likeness (QED) is 0.435. The van der Waals surface area contributed by atoms with Crippen molar-refractivity contribution in [2.45, 2.75) is 38.7 Å². The number of halogens is 4. The van der Waals surface area contributed by atoms with E-state index in [2.05, 4.69) is 25.6 Å². The van der Waals surface area contributed by atoms with E-state index >= 15 is 0 Å². The topological polar surface area (TPSA) is 94.1 Å². The van der Waals surface area contributed by atoms with E-state index in [9.17, 15) is 17.6 Å². The van der Waals surface area contributed by atoms with Gasteiger partial charge in [-0.15, -0.1) is 10.2 Å². The van der Waals surface area contributed by atoms with Crippen LogP contribution in [0.15, 0.2) is 40.3 Å². The number of aryl methyl sites for hydroxylation is 1. The van der Waals surface area contributed by atoms with Crippen molar-refractivity contribution in [2.24, 2.45) is 5.92 Å². The molecule has 3 atom stereocenters. The first-order valence-corrected chi connectivity index (χ1v) is 10.2. The first-order valence-electron chi connectivity index (χ1n) is 10.2. The molecule has 1 saturated carbocycles. The van der Waals surface area contributed by atoms with E-state index in [1.807, 2.05) is 17.9 Å².